The van der Waals surface area contributed by atoms with E-state index in [0.29, 0.717) is 16.7 Å². The molecule has 28 heavy (non-hydrogen) atoms. The normalized spacial score (nSPS) is 11.0. The minimum absolute atomic E-state index is 0.0187. The first-order valence-corrected chi connectivity index (χ1v) is 8.35. The quantitative estimate of drug-likeness (QED) is 0.405. The van der Waals surface area contributed by atoms with Gasteiger partial charge in [-0.25, -0.2) is 4.79 Å². The number of carbonyl (C=O) groups excluding carboxylic acids is 1. The molecule has 4 rings (SSSR count). The number of nitrogens with one attached hydrogen (secondary N) is 2. The van der Waals surface area contributed by atoms with Crippen molar-refractivity contribution in [2.24, 2.45) is 7.05 Å². The van der Waals surface area contributed by atoms with E-state index in [-0.39, 0.29) is 28.2 Å². The second-order valence-corrected chi connectivity index (χ2v) is 6.34. The Morgan fingerprint density at radius 2 is 1.46 bits per heavy atom. The fraction of sp³-hybridized carbons (Fsp3) is 0.0500. The van der Waals surface area contributed by atoms with Crippen molar-refractivity contribution in [2.45, 2.75) is 0 Å². The first kappa shape index (κ1) is 17.3. The predicted octanol–water partition coefficient (Wildman–Crippen LogP) is 1.86. The lowest BCUT2D eigenvalue weighted by Gasteiger charge is -2.06. The highest BCUT2D eigenvalue weighted by Gasteiger charge is 2.24. The second-order valence-electron chi connectivity index (χ2n) is 6.34. The molecule has 0 aliphatic carbocycles. The van der Waals surface area contributed by atoms with E-state index in [2.05, 4.69) is 9.97 Å². The van der Waals surface area contributed by atoms with Crippen molar-refractivity contribution in [3.8, 4) is 22.6 Å². The number of aromatic amines is 2. The van der Waals surface area contributed by atoms with Gasteiger partial charge in [-0.1, -0.05) is 12.1 Å². The third-order valence-electron chi connectivity index (χ3n) is 4.57. The van der Waals surface area contributed by atoms with Gasteiger partial charge >= 0.3 is 5.69 Å². The van der Waals surface area contributed by atoms with Gasteiger partial charge in [-0.2, -0.15) is 0 Å². The molecule has 0 atom stereocenters. The highest BCUT2D eigenvalue weighted by atomic mass is 16.3. The van der Waals surface area contributed by atoms with Crippen LogP contribution in [0.1, 0.15) is 16.1 Å². The van der Waals surface area contributed by atoms with Crippen molar-refractivity contribution in [1.29, 1.82) is 0 Å². The number of aromatic hydroxyl groups is 2. The number of phenolic OH excluding ortho intramolecular Hbond substituents is 2. The van der Waals surface area contributed by atoms with E-state index in [1.807, 2.05) is 0 Å². The molecule has 0 aliphatic heterocycles. The number of nitrogens with zero attached hydrogens (tertiary/aromatic N) is 1. The summed E-state index contributed by atoms with van der Waals surface area (Å²) < 4.78 is 0.925. The van der Waals surface area contributed by atoms with Crippen molar-refractivity contribution >= 4 is 16.8 Å². The van der Waals surface area contributed by atoms with E-state index in [9.17, 15) is 24.6 Å². The molecule has 0 aliphatic rings. The van der Waals surface area contributed by atoms with Crippen LogP contribution < -0.4 is 11.2 Å². The zero-order valence-electron chi connectivity index (χ0n) is 14.7. The van der Waals surface area contributed by atoms with Crippen LogP contribution in [0.25, 0.3) is 22.2 Å². The van der Waals surface area contributed by atoms with Gasteiger partial charge < -0.3 is 15.2 Å². The molecule has 140 valence electrons. The van der Waals surface area contributed by atoms with E-state index >= 15 is 0 Å². The molecule has 0 saturated heterocycles. The van der Waals surface area contributed by atoms with Crippen molar-refractivity contribution in [3.63, 3.8) is 0 Å². The van der Waals surface area contributed by atoms with Crippen molar-refractivity contribution in [1.82, 2.24) is 14.5 Å². The first-order valence-electron chi connectivity index (χ1n) is 8.35. The second kappa shape index (κ2) is 6.27. The maximum absolute atomic E-state index is 13.1. The summed E-state index contributed by atoms with van der Waals surface area (Å²) in [6, 6.07) is 11.7. The fourth-order valence-corrected chi connectivity index (χ4v) is 3.10. The summed E-state index contributed by atoms with van der Waals surface area (Å²) in [6.07, 6.45) is 0. The third-order valence-corrected chi connectivity index (χ3v) is 4.57. The Labute approximate surface area is 157 Å². The van der Waals surface area contributed by atoms with Gasteiger partial charge in [0.15, 0.2) is 0 Å². The van der Waals surface area contributed by atoms with Gasteiger partial charge in [0.05, 0.1) is 11.1 Å². The summed E-state index contributed by atoms with van der Waals surface area (Å²) in [6.45, 7) is 0. The molecule has 0 unspecified atom stereocenters. The van der Waals surface area contributed by atoms with Crippen LogP contribution >= 0.6 is 0 Å². The van der Waals surface area contributed by atoms with Gasteiger partial charge in [0.2, 0.25) is 5.78 Å². The molecular formula is C20H15N3O5. The van der Waals surface area contributed by atoms with E-state index in [1.165, 1.54) is 43.4 Å². The standard InChI is InChI=1S/C20H15N3O5/c1-23-19(27)15-14(10-2-6-12(24)7-3-10)16(21-18(15)22-20(23)28)17(26)11-4-8-13(25)9-5-11/h2-9,21,24-25H,1H3,(H,22,28). The molecule has 2 aromatic heterocycles. The Morgan fingerprint density at radius 3 is 2.07 bits per heavy atom. The van der Waals surface area contributed by atoms with Gasteiger partial charge in [0.25, 0.3) is 5.56 Å². The third kappa shape index (κ3) is 2.67. The molecule has 0 fully saturated rings. The highest BCUT2D eigenvalue weighted by Crippen LogP contribution is 2.32. The minimum atomic E-state index is -0.611. The van der Waals surface area contributed by atoms with Gasteiger partial charge in [0, 0.05) is 18.2 Å². The van der Waals surface area contributed by atoms with Gasteiger partial charge in [0.1, 0.15) is 17.1 Å². The van der Waals surface area contributed by atoms with Crippen LogP contribution in [0.5, 0.6) is 11.5 Å². The van der Waals surface area contributed by atoms with Crippen LogP contribution in [0.4, 0.5) is 0 Å². The SMILES string of the molecule is Cn1c(=O)[nH]c2[nH]c(C(=O)c3ccc(O)cc3)c(-c3ccc(O)cc3)c2c1=O. The fourth-order valence-electron chi connectivity index (χ4n) is 3.10. The maximum atomic E-state index is 13.1. The number of carbonyl (C=O) groups is 1. The molecule has 2 heterocycles. The lowest BCUT2D eigenvalue weighted by atomic mass is 9.98. The smallest absolute Gasteiger partial charge is 0.329 e. The average molecular weight is 377 g/mol. The highest BCUT2D eigenvalue weighted by molar-refractivity contribution is 6.16. The Balaban J connectivity index is 2.06. The summed E-state index contributed by atoms with van der Waals surface area (Å²) >= 11 is 0. The summed E-state index contributed by atoms with van der Waals surface area (Å²) in [4.78, 5) is 43.3. The molecule has 4 aromatic rings. The summed E-state index contributed by atoms with van der Waals surface area (Å²) in [5, 5.41) is 19.2. The number of phenols is 2. The number of hydrogen-bond acceptors (Lipinski definition) is 5. The number of fused-ring (bicyclic) bond motifs is 1. The van der Waals surface area contributed by atoms with Crippen LogP contribution in [-0.4, -0.2) is 30.5 Å². The first-order chi connectivity index (χ1) is 13.4. The zero-order chi connectivity index (χ0) is 20.0. The van der Waals surface area contributed by atoms with Gasteiger partial charge in [-0.15, -0.1) is 0 Å². The number of H-pyrrole nitrogens is 2. The average Bonchev–Trinajstić information content (AvgIpc) is 3.06. The molecule has 8 heteroatoms. The van der Waals surface area contributed by atoms with E-state index < -0.39 is 17.0 Å². The number of ketones is 1. The van der Waals surface area contributed by atoms with Gasteiger partial charge in [-0.3, -0.25) is 19.1 Å². The number of benzene rings is 2. The summed E-state index contributed by atoms with van der Waals surface area (Å²) in [5.41, 5.74) is 0.231. The van der Waals surface area contributed by atoms with Crippen LogP contribution in [-0.2, 0) is 7.05 Å². The van der Waals surface area contributed by atoms with E-state index in [4.69, 9.17) is 0 Å². The molecule has 0 spiro atoms. The Morgan fingerprint density at radius 1 is 0.893 bits per heavy atom. The van der Waals surface area contributed by atoms with Crippen LogP contribution in [0.15, 0.2) is 58.1 Å². The Bertz CT molecular complexity index is 1330. The Hall–Kier alpha value is -4.07. The molecule has 0 bridgehead atoms. The minimum Gasteiger partial charge on any atom is -0.508 e. The van der Waals surface area contributed by atoms with Crippen LogP contribution in [0.2, 0.25) is 0 Å². The number of aromatic nitrogens is 3. The van der Waals surface area contributed by atoms with Crippen LogP contribution in [0.3, 0.4) is 0 Å². The summed E-state index contributed by atoms with van der Waals surface area (Å²) in [5.74, 6) is -0.358. The van der Waals surface area contributed by atoms with Crippen molar-refractivity contribution in [3.05, 3.63) is 80.6 Å². The number of rotatable bonds is 3. The lowest BCUT2D eigenvalue weighted by molar-refractivity contribution is 0.103. The molecule has 0 amide bonds. The molecule has 8 nitrogen and oxygen atoms in total. The molecular weight excluding hydrogens is 362 g/mol. The molecule has 0 radical (unpaired) electrons. The zero-order valence-corrected chi connectivity index (χ0v) is 14.7. The monoisotopic (exact) mass is 377 g/mol. The number of hydrogen-bond donors (Lipinski definition) is 4. The van der Waals surface area contributed by atoms with Crippen molar-refractivity contribution in [2.75, 3.05) is 0 Å². The molecule has 4 N–H and O–H groups in total. The predicted molar refractivity (Wildman–Crippen MR) is 103 cm³/mol. The van der Waals surface area contributed by atoms with Crippen LogP contribution in [0, 0.1) is 0 Å². The van der Waals surface area contributed by atoms with Crippen molar-refractivity contribution < 1.29 is 15.0 Å². The summed E-state index contributed by atoms with van der Waals surface area (Å²) in [7, 11) is 1.34. The Kier molecular flexibility index (Phi) is 3.89. The van der Waals surface area contributed by atoms with E-state index in [0.717, 1.165) is 4.57 Å². The topological polar surface area (TPSA) is 128 Å². The maximum Gasteiger partial charge on any atom is 0.329 e. The van der Waals surface area contributed by atoms with E-state index in [1.54, 1.807) is 12.1 Å². The molecule has 0 saturated carbocycles. The molecule has 2 aromatic carbocycles. The van der Waals surface area contributed by atoms with Gasteiger partial charge in [-0.05, 0) is 42.0 Å². The lowest BCUT2D eigenvalue weighted by Crippen LogP contribution is -2.32. The largest absolute Gasteiger partial charge is 0.508 e.